The first-order valence-corrected chi connectivity index (χ1v) is 8.20. The van der Waals surface area contributed by atoms with Crippen molar-refractivity contribution in [1.29, 1.82) is 0 Å². The quantitative estimate of drug-likeness (QED) is 0.652. The zero-order chi connectivity index (χ0) is 14.3. The first kappa shape index (κ1) is 16.3. The van der Waals surface area contributed by atoms with Crippen LogP contribution in [0, 0.1) is 11.8 Å². The monoisotopic (exact) mass is 288 g/mol. The summed E-state index contributed by atoms with van der Waals surface area (Å²) in [5.41, 5.74) is 5.62. The van der Waals surface area contributed by atoms with E-state index >= 15 is 0 Å². The molecule has 0 aromatic carbocycles. The zero-order valence-corrected chi connectivity index (χ0v) is 12.2. The molecule has 6 heteroatoms. The summed E-state index contributed by atoms with van der Waals surface area (Å²) in [5, 5.41) is 11.8. The maximum absolute atomic E-state index is 12.1. The van der Waals surface area contributed by atoms with Gasteiger partial charge in [0.2, 0.25) is 5.91 Å². The Morgan fingerprint density at radius 1 is 1.37 bits per heavy atom. The molecule has 1 unspecified atom stereocenters. The Bertz CT molecular complexity index is 304. The maximum atomic E-state index is 12.1. The van der Waals surface area contributed by atoms with Crippen molar-refractivity contribution in [2.24, 2.45) is 17.6 Å². The minimum absolute atomic E-state index is 0.0427. The second kappa shape index (κ2) is 8.43. The van der Waals surface area contributed by atoms with Gasteiger partial charge in [-0.15, -0.1) is 0 Å². The fourth-order valence-electron chi connectivity index (χ4n) is 2.44. The highest BCUT2D eigenvalue weighted by molar-refractivity contribution is 7.98. The Balaban J connectivity index is 2.42. The number of thioether (sulfide) groups is 1. The number of amides is 1. The fraction of sp³-hybridized carbons (Fsp3) is 0.846. The summed E-state index contributed by atoms with van der Waals surface area (Å²) in [7, 11) is 0. The average molecular weight is 288 g/mol. The number of hydrogen-bond acceptors (Lipinski definition) is 4. The molecule has 1 atom stereocenters. The number of carbonyl (C=O) groups excluding carboxylic acids is 1. The number of nitrogens with two attached hydrogens (primary N) is 1. The minimum Gasteiger partial charge on any atom is -0.480 e. The van der Waals surface area contributed by atoms with Crippen LogP contribution >= 0.6 is 11.8 Å². The van der Waals surface area contributed by atoms with Gasteiger partial charge in [0, 0.05) is 5.92 Å². The van der Waals surface area contributed by atoms with Crippen LogP contribution in [-0.4, -0.2) is 41.6 Å². The molecule has 0 radical (unpaired) electrons. The average Bonchev–Trinajstić information content (AvgIpc) is 2.43. The molecular weight excluding hydrogens is 264 g/mol. The molecule has 4 N–H and O–H groups in total. The minimum atomic E-state index is -0.946. The third-order valence-electron chi connectivity index (χ3n) is 3.78. The van der Waals surface area contributed by atoms with Crippen LogP contribution in [0.5, 0.6) is 0 Å². The van der Waals surface area contributed by atoms with Crippen molar-refractivity contribution in [2.75, 3.05) is 18.6 Å². The smallest absolute Gasteiger partial charge is 0.326 e. The molecule has 0 saturated heterocycles. The Morgan fingerprint density at radius 3 is 2.47 bits per heavy atom. The highest BCUT2D eigenvalue weighted by Crippen LogP contribution is 2.28. The van der Waals surface area contributed by atoms with E-state index in [9.17, 15) is 9.59 Å². The van der Waals surface area contributed by atoms with E-state index in [2.05, 4.69) is 5.32 Å². The number of aliphatic carboxylic acids is 1. The Morgan fingerprint density at radius 2 is 2.00 bits per heavy atom. The Hall–Kier alpha value is -0.750. The summed E-state index contributed by atoms with van der Waals surface area (Å²) in [6, 6.07) is -0.757. The maximum Gasteiger partial charge on any atom is 0.326 e. The summed E-state index contributed by atoms with van der Waals surface area (Å²) in [6.07, 6.45) is 5.98. The summed E-state index contributed by atoms with van der Waals surface area (Å²) >= 11 is 1.58. The van der Waals surface area contributed by atoms with Gasteiger partial charge < -0.3 is 16.2 Å². The number of hydrogen-bond donors (Lipinski definition) is 3. The van der Waals surface area contributed by atoms with Crippen molar-refractivity contribution in [1.82, 2.24) is 5.32 Å². The molecular formula is C13H24N2O3S. The lowest BCUT2D eigenvalue weighted by atomic mass is 9.81. The molecule has 0 bridgehead atoms. The number of carboxylic acid groups (broad SMARTS) is 1. The third-order valence-corrected chi connectivity index (χ3v) is 4.42. The van der Waals surface area contributed by atoms with Gasteiger partial charge in [0.15, 0.2) is 0 Å². The summed E-state index contributed by atoms with van der Waals surface area (Å²) < 4.78 is 0. The molecule has 0 heterocycles. The van der Waals surface area contributed by atoms with E-state index in [1.165, 1.54) is 0 Å². The first-order valence-electron chi connectivity index (χ1n) is 6.80. The predicted octanol–water partition coefficient (Wildman–Crippen LogP) is 1.07. The van der Waals surface area contributed by atoms with Gasteiger partial charge in [-0.25, -0.2) is 4.79 Å². The second-order valence-corrected chi connectivity index (χ2v) is 6.12. The summed E-state index contributed by atoms with van der Waals surface area (Å²) in [4.78, 5) is 23.1. The van der Waals surface area contributed by atoms with Gasteiger partial charge in [-0.3, -0.25) is 4.79 Å². The van der Waals surface area contributed by atoms with E-state index in [1.807, 2.05) is 6.26 Å². The van der Waals surface area contributed by atoms with Crippen molar-refractivity contribution in [3.8, 4) is 0 Å². The van der Waals surface area contributed by atoms with E-state index in [0.29, 0.717) is 18.9 Å². The molecule has 19 heavy (non-hydrogen) atoms. The molecule has 0 aromatic heterocycles. The normalized spacial score (nSPS) is 24.7. The molecule has 1 fully saturated rings. The van der Waals surface area contributed by atoms with Crippen LogP contribution in [0.25, 0.3) is 0 Å². The summed E-state index contributed by atoms with van der Waals surface area (Å²) in [6.45, 7) is 0.680. The van der Waals surface area contributed by atoms with Crippen molar-refractivity contribution < 1.29 is 14.7 Å². The van der Waals surface area contributed by atoms with Gasteiger partial charge in [0.05, 0.1) is 0 Å². The highest BCUT2D eigenvalue weighted by Gasteiger charge is 2.28. The highest BCUT2D eigenvalue weighted by atomic mass is 32.2. The van der Waals surface area contributed by atoms with Crippen molar-refractivity contribution in [3.05, 3.63) is 0 Å². The van der Waals surface area contributed by atoms with Gasteiger partial charge in [0.25, 0.3) is 0 Å². The van der Waals surface area contributed by atoms with E-state index in [-0.39, 0.29) is 11.8 Å². The number of nitrogens with one attached hydrogen (secondary N) is 1. The van der Waals surface area contributed by atoms with Gasteiger partial charge in [0.1, 0.15) is 6.04 Å². The van der Waals surface area contributed by atoms with E-state index in [1.54, 1.807) is 11.8 Å². The Kier molecular flexibility index (Phi) is 7.23. The van der Waals surface area contributed by atoms with Crippen molar-refractivity contribution in [2.45, 2.75) is 38.1 Å². The molecule has 0 spiro atoms. The molecule has 0 aliphatic heterocycles. The van der Waals surface area contributed by atoms with Gasteiger partial charge in [-0.05, 0) is 56.6 Å². The molecule has 1 amide bonds. The SMILES string of the molecule is CSCCC(NC(=O)C1CCC(CN)CC1)C(=O)O. The van der Waals surface area contributed by atoms with Crippen LogP contribution in [0.1, 0.15) is 32.1 Å². The lowest BCUT2D eigenvalue weighted by Gasteiger charge is -2.27. The van der Waals surface area contributed by atoms with Gasteiger partial charge in [-0.1, -0.05) is 0 Å². The van der Waals surface area contributed by atoms with Crippen LogP contribution < -0.4 is 11.1 Å². The molecule has 1 rings (SSSR count). The molecule has 0 aromatic rings. The lowest BCUT2D eigenvalue weighted by molar-refractivity contribution is -0.142. The van der Waals surface area contributed by atoms with Crippen LogP contribution in [-0.2, 0) is 9.59 Å². The molecule has 1 aliphatic carbocycles. The van der Waals surface area contributed by atoms with Crippen LogP contribution in [0.2, 0.25) is 0 Å². The topological polar surface area (TPSA) is 92.4 Å². The number of rotatable bonds is 7. The fourth-order valence-corrected chi connectivity index (χ4v) is 2.91. The Labute approximate surface area is 118 Å². The lowest BCUT2D eigenvalue weighted by Crippen LogP contribution is -2.44. The van der Waals surface area contributed by atoms with Crippen LogP contribution in [0.4, 0.5) is 0 Å². The number of carboxylic acids is 1. The standard InChI is InChI=1S/C13H24N2O3S/c1-19-7-6-11(13(17)18)15-12(16)10-4-2-9(8-14)3-5-10/h9-11H,2-8,14H2,1H3,(H,15,16)(H,17,18). The predicted molar refractivity (Wildman–Crippen MR) is 77.1 cm³/mol. The van der Waals surface area contributed by atoms with Crippen molar-refractivity contribution >= 4 is 23.6 Å². The number of carbonyl (C=O) groups is 2. The molecule has 1 saturated carbocycles. The van der Waals surface area contributed by atoms with Gasteiger partial charge >= 0.3 is 5.97 Å². The molecule has 110 valence electrons. The largest absolute Gasteiger partial charge is 0.480 e. The zero-order valence-electron chi connectivity index (χ0n) is 11.4. The van der Waals surface area contributed by atoms with Gasteiger partial charge in [-0.2, -0.15) is 11.8 Å². The second-order valence-electron chi connectivity index (χ2n) is 5.13. The van der Waals surface area contributed by atoms with E-state index < -0.39 is 12.0 Å². The van der Waals surface area contributed by atoms with Crippen molar-refractivity contribution in [3.63, 3.8) is 0 Å². The first-order chi connectivity index (χ1) is 9.08. The van der Waals surface area contributed by atoms with Crippen LogP contribution in [0.3, 0.4) is 0 Å². The third kappa shape index (κ3) is 5.40. The van der Waals surface area contributed by atoms with E-state index in [0.717, 1.165) is 31.4 Å². The summed E-state index contributed by atoms with van der Waals surface area (Å²) in [5.74, 6) is 0.161. The molecule has 1 aliphatic rings. The molecule has 5 nitrogen and oxygen atoms in total. The van der Waals surface area contributed by atoms with Crippen LogP contribution in [0.15, 0.2) is 0 Å². The van der Waals surface area contributed by atoms with E-state index in [4.69, 9.17) is 10.8 Å².